The van der Waals surface area contributed by atoms with Crippen molar-refractivity contribution in [3.05, 3.63) is 52.3 Å². The molecule has 3 heterocycles. The molecule has 0 atom stereocenters. The van der Waals surface area contributed by atoms with Crippen LogP contribution in [0.4, 0.5) is 5.95 Å². The van der Waals surface area contributed by atoms with Crippen molar-refractivity contribution in [2.24, 2.45) is 0 Å². The van der Waals surface area contributed by atoms with E-state index in [9.17, 15) is 4.79 Å². The van der Waals surface area contributed by atoms with E-state index in [0.29, 0.717) is 32.1 Å². The smallest absolute Gasteiger partial charge is 0.227 e. The monoisotopic (exact) mass is 394 g/mol. The molecule has 154 valence electrons. The number of hydrogen-bond acceptors (Lipinski definition) is 5. The number of likely N-dealkylation sites (tertiary alicyclic amines) is 1. The van der Waals surface area contributed by atoms with Crippen molar-refractivity contribution in [2.45, 2.75) is 45.1 Å². The maximum Gasteiger partial charge on any atom is 0.227 e. The lowest BCUT2D eigenvalue weighted by atomic mass is 9.83. The number of fused-ring (bicyclic) bond motifs is 2. The summed E-state index contributed by atoms with van der Waals surface area (Å²) >= 11 is 0. The number of carbonyl (C=O) groups is 1. The predicted octanol–water partition coefficient (Wildman–Crippen LogP) is 2.79. The van der Waals surface area contributed by atoms with Gasteiger partial charge in [0.1, 0.15) is 5.60 Å². The van der Waals surface area contributed by atoms with Gasteiger partial charge in [-0.2, -0.15) is 0 Å². The highest BCUT2D eigenvalue weighted by Crippen LogP contribution is 2.40. The molecule has 29 heavy (non-hydrogen) atoms. The van der Waals surface area contributed by atoms with Crippen LogP contribution in [0.5, 0.6) is 0 Å². The minimum atomic E-state index is -0.392. The number of nitrogens with zero attached hydrogens (tertiary/aromatic N) is 4. The summed E-state index contributed by atoms with van der Waals surface area (Å²) in [7, 11) is 3.90. The van der Waals surface area contributed by atoms with E-state index in [4.69, 9.17) is 9.72 Å². The number of ether oxygens (including phenoxy) is 1. The highest BCUT2D eigenvalue weighted by Gasteiger charge is 2.43. The van der Waals surface area contributed by atoms with E-state index in [2.05, 4.69) is 37.0 Å². The summed E-state index contributed by atoms with van der Waals surface area (Å²) < 4.78 is 6.30. The summed E-state index contributed by atoms with van der Waals surface area (Å²) in [6.45, 7) is 6.23. The fourth-order valence-corrected chi connectivity index (χ4v) is 4.38. The quantitative estimate of drug-likeness (QED) is 0.801. The first-order valence-corrected chi connectivity index (χ1v) is 10.4. The Morgan fingerprint density at radius 3 is 2.72 bits per heavy atom. The Morgan fingerprint density at radius 2 is 2.00 bits per heavy atom. The van der Waals surface area contributed by atoms with E-state index in [0.717, 1.165) is 30.5 Å². The standard InChI is InChI=1S/C23H30N4O2/c1-16-5-6-17(2)19(13-16)14-20(28)27-10-8-23(9-11-27)21-18(7-12-29-23)15-24-22(25-21)26(3)4/h5-6,13,15H,7-12,14H2,1-4H3. The summed E-state index contributed by atoms with van der Waals surface area (Å²) in [5.74, 6) is 0.906. The normalized spacial score (nSPS) is 17.9. The van der Waals surface area contributed by atoms with Crippen LogP contribution in [-0.4, -0.2) is 54.6 Å². The number of amides is 1. The van der Waals surface area contributed by atoms with Gasteiger partial charge in [0.25, 0.3) is 0 Å². The molecule has 0 radical (unpaired) electrons. The molecular formula is C23H30N4O2. The summed E-state index contributed by atoms with van der Waals surface area (Å²) in [6.07, 6.45) is 4.82. The second-order valence-corrected chi connectivity index (χ2v) is 8.52. The van der Waals surface area contributed by atoms with E-state index in [1.54, 1.807) is 0 Å². The number of carbonyl (C=O) groups excluding carboxylic acids is 1. The van der Waals surface area contributed by atoms with Gasteiger partial charge in [-0.25, -0.2) is 9.97 Å². The van der Waals surface area contributed by atoms with Gasteiger partial charge >= 0.3 is 0 Å². The Morgan fingerprint density at radius 1 is 1.24 bits per heavy atom. The van der Waals surface area contributed by atoms with Gasteiger partial charge in [0, 0.05) is 33.4 Å². The molecule has 0 N–H and O–H groups in total. The van der Waals surface area contributed by atoms with Crippen molar-refractivity contribution in [1.29, 1.82) is 0 Å². The molecule has 2 aliphatic rings. The lowest BCUT2D eigenvalue weighted by Crippen LogP contribution is -2.49. The second-order valence-electron chi connectivity index (χ2n) is 8.52. The third kappa shape index (κ3) is 3.86. The molecule has 2 aromatic rings. The fourth-order valence-electron chi connectivity index (χ4n) is 4.38. The van der Waals surface area contributed by atoms with Crippen LogP contribution in [0.15, 0.2) is 24.4 Å². The summed E-state index contributed by atoms with van der Waals surface area (Å²) in [5, 5.41) is 0. The number of anilines is 1. The average molecular weight is 395 g/mol. The van der Waals surface area contributed by atoms with Crippen molar-refractivity contribution < 1.29 is 9.53 Å². The van der Waals surface area contributed by atoms with Gasteiger partial charge in [-0.15, -0.1) is 0 Å². The van der Waals surface area contributed by atoms with Crippen LogP contribution in [0.1, 0.15) is 40.8 Å². The fraction of sp³-hybridized carbons (Fsp3) is 0.522. The Labute approximate surface area is 172 Å². The van der Waals surface area contributed by atoms with Gasteiger partial charge in [-0.3, -0.25) is 4.79 Å². The highest BCUT2D eigenvalue weighted by molar-refractivity contribution is 5.79. The van der Waals surface area contributed by atoms with Gasteiger partial charge in [0.2, 0.25) is 11.9 Å². The zero-order valence-electron chi connectivity index (χ0n) is 17.9. The first-order valence-electron chi connectivity index (χ1n) is 10.4. The molecule has 0 unspecified atom stereocenters. The molecule has 6 nitrogen and oxygen atoms in total. The van der Waals surface area contributed by atoms with Gasteiger partial charge in [-0.1, -0.05) is 23.8 Å². The molecule has 0 saturated carbocycles. The first-order chi connectivity index (χ1) is 13.9. The largest absolute Gasteiger partial charge is 0.368 e. The Bertz CT molecular complexity index is 917. The van der Waals surface area contributed by atoms with E-state index in [1.807, 2.05) is 30.1 Å². The third-order valence-electron chi connectivity index (χ3n) is 6.20. The lowest BCUT2D eigenvalue weighted by Gasteiger charge is -2.44. The molecular weight excluding hydrogens is 364 g/mol. The molecule has 6 heteroatoms. The van der Waals surface area contributed by atoms with Crippen molar-refractivity contribution >= 4 is 11.9 Å². The molecule has 1 amide bonds. The van der Waals surface area contributed by atoms with Crippen LogP contribution < -0.4 is 4.90 Å². The molecule has 1 aromatic heterocycles. The van der Waals surface area contributed by atoms with Gasteiger partial charge in [0.15, 0.2) is 0 Å². The number of benzene rings is 1. The zero-order valence-corrected chi connectivity index (χ0v) is 17.9. The van der Waals surface area contributed by atoms with Crippen molar-refractivity contribution in [3.8, 4) is 0 Å². The Kier molecular flexibility index (Phi) is 5.30. The third-order valence-corrected chi connectivity index (χ3v) is 6.20. The van der Waals surface area contributed by atoms with Crippen molar-refractivity contribution in [1.82, 2.24) is 14.9 Å². The van der Waals surface area contributed by atoms with Gasteiger partial charge in [0.05, 0.1) is 18.7 Å². The predicted molar refractivity (Wildman–Crippen MR) is 113 cm³/mol. The molecule has 0 aliphatic carbocycles. The zero-order chi connectivity index (χ0) is 20.6. The summed E-state index contributed by atoms with van der Waals surface area (Å²) in [4.78, 5) is 26.2. The van der Waals surface area contributed by atoms with Crippen molar-refractivity contribution in [3.63, 3.8) is 0 Å². The van der Waals surface area contributed by atoms with Crippen LogP contribution >= 0.6 is 0 Å². The summed E-state index contributed by atoms with van der Waals surface area (Å²) in [5.41, 5.74) is 5.30. The van der Waals surface area contributed by atoms with Crippen LogP contribution in [0.25, 0.3) is 0 Å². The maximum atomic E-state index is 12.9. The Balaban J connectivity index is 1.49. The molecule has 1 fully saturated rings. The van der Waals surface area contributed by atoms with E-state index < -0.39 is 5.60 Å². The van der Waals surface area contributed by atoms with Crippen LogP contribution in [0.2, 0.25) is 0 Å². The highest BCUT2D eigenvalue weighted by atomic mass is 16.5. The van der Waals surface area contributed by atoms with Crippen molar-refractivity contribution in [2.75, 3.05) is 38.7 Å². The maximum absolute atomic E-state index is 12.9. The Hall–Kier alpha value is -2.47. The number of piperidine rings is 1. The van der Waals surface area contributed by atoms with Crippen LogP contribution in [0.3, 0.4) is 0 Å². The molecule has 0 bridgehead atoms. The number of rotatable bonds is 3. The summed E-state index contributed by atoms with van der Waals surface area (Å²) in [6, 6.07) is 6.31. The minimum absolute atomic E-state index is 0.196. The molecule has 2 aliphatic heterocycles. The van der Waals surface area contributed by atoms with E-state index >= 15 is 0 Å². The SMILES string of the molecule is Cc1ccc(C)c(CC(=O)N2CCC3(CC2)OCCc2cnc(N(C)C)nc23)c1. The second kappa shape index (κ2) is 7.75. The van der Waals surface area contributed by atoms with E-state index in [-0.39, 0.29) is 5.91 Å². The molecule has 1 spiro atoms. The van der Waals surface area contributed by atoms with Crippen LogP contribution in [0, 0.1) is 13.8 Å². The number of aromatic nitrogens is 2. The van der Waals surface area contributed by atoms with Gasteiger partial charge in [-0.05, 0) is 49.8 Å². The molecule has 1 saturated heterocycles. The molecule has 4 rings (SSSR count). The first kappa shape index (κ1) is 19.8. The minimum Gasteiger partial charge on any atom is -0.368 e. The van der Waals surface area contributed by atoms with Crippen LogP contribution in [-0.2, 0) is 28.0 Å². The average Bonchev–Trinajstić information content (AvgIpc) is 2.71. The lowest BCUT2D eigenvalue weighted by molar-refractivity contribution is -0.140. The van der Waals surface area contributed by atoms with Gasteiger partial charge < -0.3 is 14.5 Å². The number of hydrogen-bond donors (Lipinski definition) is 0. The number of aryl methyl sites for hydroxylation is 2. The molecule has 1 aromatic carbocycles. The van der Waals surface area contributed by atoms with E-state index in [1.165, 1.54) is 16.7 Å². The topological polar surface area (TPSA) is 58.6 Å².